The molecule has 3 rings (SSSR count). The number of aromatic nitrogens is 3. The number of benzene rings is 1. The summed E-state index contributed by atoms with van der Waals surface area (Å²) in [5.74, 6) is -2.75. The van der Waals surface area contributed by atoms with E-state index in [-0.39, 0.29) is 24.1 Å². The van der Waals surface area contributed by atoms with Gasteiger partial charge in [-0.3, -0.25) is 0 Å². The first kappa shape index (κ1) is 13.1. The van der Waals surface area contributed by atoms with E-state index in [1.54, 1.807) is 0 Å². The van der Waals surface area contributed by atoms with E-state index in [0.29, 0.717) is 0 Å². The molecule has 1 aliphatic rings. The fourth-order valence-corrected chi connectivity index (χ4v) is 2.53. The highest BCUT2D eigenvalue weighted by Gasteiger charge is 2.36. The summed E-state index contributed by atoms with van der Waals surface area (Å²) in [5, 5.41) is 4.07. The predicted octanol–water partition coefficient (Wildman–Crippen LogP) is 3.48. The summed E-state index contributed by atoms with van der Waals surface area (Å²) < 4.78 is 41.4. The Morgan fingerprint density at radius 2 is 2.00 bits per heavy atom. The van der Waals surface area contributed by atoms with Crippen LogP contribution in [0.15, 0.2) is 30.3 Å². The smallest absolute Gasteiger partial charge is 0.239 e. The second kappa shape index (κ2) is 4.61. The molecular weight excluding hydrogens is 267 g/mol. The second-order valence-corrected chi connectivity index (χ2v) is 5.21. The number of alkyl halides is 3. The Morgan fingerprint density at radius 1 is 1.30 bits per heavy atom. The summed E-state index contributed by atoms with van der Waals surface area (Å²) in [6, 6.07) is 9.08. The third-order valence-electron chi connectivity index (χ3n) is 3.36. The molecule has 2 atom stereocenters. The monoisotopic (exact) mass is 281 g/mol. The van der Waals surface area contributed by atoms with Crippen LogP contribution in [0.1, 0.15) is 42.8 Å². The number of hydrogen-bond donors (Lipinski definition) is 0. The predicted molar refractivity (Wildman–Crippen MR) is 67.4 cm³/mol. The van der Waals surface area contributed by atoms with Crippen molar-refractivity contribution in [3.63, 3.8) is 0 Å². The first-order chi connectivity index (χ1) is 9.44. The maximum atomic E-state index is 14.0. The Morgan fingerprint density at radius 3 is 2.65 bits per heavy atom. The summed E-state index contributed by atoms with van der Waals surface area (Å²) in [7, 11) is 0. The fraction of sp³-hybridized carbons (Fsp3) is 0.429. The zero-order chi connectivity index (χ0) is 14.3. The molecule has 0 bridgehead atoms. The highest BCUT2D eigenvalue weighted by atomic mass is 19.3. The van der Waals surface area contributed by atoms with Crippen LogP contribution in [0.25, 0.3) is 0 Å². The van der Waals surface area contributed by atoms with Crippen LogP contribution in [0.4, 0.5) is 13.2 Å². The molecule has 1 aromatic carbocycles. The molecule has 0 amide bonds. The van der Waals surface area contributed by atoms with Crippen molar-refractivity contribution in [1.29, 1.82) is 0 Å². The van der Waals surface area contributed by atoms with Gasteiger partial charge in [0.2, 0.25) is 0 Å². The molecule has 2 unspecified atom stereocenters. The molecule has 1 aliphatic heterocycles. The van der Waals surface area contributed by atoms with E-state index in [4.69, 9.17) is 0 Å². The van der Waals surface area contributed by atoms with E-state index >= 15 is 0 Å². The number of nitrogens with zero attached hydrogens (tertiary/aromatic N) is 3. The van der Waals surface area contributed by atoms with Crippen LogP contribution >= 0.6 is 0 Å². The summed E-state index contributed by atoms with van der Waals surface area (Å²) in [5.41, 5.74) is 0.911. The average Bonchev–Trinajstić information content (AvgIpc) is 2.89. The molecule has 0 fully saturated rings. The van der Waals surface area contributed by atoms with Gasteiger partial charge in [0.05, 0.1) is 12.5 Å². The van der Waals surface area contributed by atoms with Crippen LogP contribution in [0.3, 0.4) is 0 Å². The van der Waals surface area contributed by atoms with Crippen molar-refractivity contribution in [2.75, 3.05) is 0 Å². The van der Waals surface area contributed by atoms with Gasteiger partial charge in [0.25, 0.3) is 5.92 Å². The van der Waals surface area contributed by atoms with Gasteiger partial charge in [-0.25, -0.2) is 22.8 Å². The summed E-state index contributed by atoms with van der Waals surface area (Å²) in [4.78, 5) is 3.93. The minimum atomic E-state index is -2.89. The van der Waals surface area contributed by atoms with Crippen molar-refractivity contribution in [2.24, 2.45) is 0 Å². The molecule has 2 heterocycles. The van der Waals surface area contributed by atoms with Gasteiger partial charge in [0.15, 0.2) is 17.8 Å². The van der Waals surface area contributed by atoms with Gasteiger partial charge < -0.3 is 0 Å². The van der Waals surface area contributed by atoms with Crippen LogP contribution in [0.5, 0.6) is 0 Å². The van der Waals surface area contributed by atoms with Gasteiger partial charge >= 0.3 is 0 Å². The minimum Gasteiger partial charge on any atom is -0.239 e. The Balaban J connectivity index is 1.94. The Bertz CT molecular complexity index is 604. The topological polar surface area (TPSA) is 30.7 Å². The van der Waals surface area contributed by atoms with E-state index in [1.807, 2.05) is 30.3 Å². The minimum absolute atomic E-state index is 0.00391. The van der Waals surface area contributed by atoms with Crippen LogP contribution in [-0.4, -0.2) is 20.7 Å². The van der Waals surface area contributed by atoms with E-state index in [0.717, 1.165) is 12.5 Å². The first-order valence-corrected chi connectivity index (χ1v) is 6.46. The molecule has 1 aromatic heterocycles. The molecule has 3 nitrogen and oxygen atoms in total. The molecule has 20 heavy (non-hydrogen) atoms. The highest BCUT2D eigenvalue weighted by Crippen LogP contribution is 2.39. The van der Waals surface area contributed by atoms with Crippen molar-refractivity contribution in [3.8, 4) is 0 Å². The van der Waals surface area contributed by atoms with Gasteiger partial charge in [0.1, 0.15) is 0 Å². The zero-order valence-electron chi connectivity index (χ0n) is 10.9. The molecule has 106 valence electrons. The largest absolute Gasteiger partial charge is 0.252 e. The molecular formula is C14H14F3N3. The summed E-state index contributed by atoms with van der Waals surface area (Å²) in [6.07, 6.45) is -1.57. The number of hydrogen-bond acceptors (Lipinski definition) is 2. The normalized spacial score (nSPS) is 22.0. The molecule has 0 radical (unpaired) electrons. The van der Waals surface area contributed by atoms with Crippen molar-refractivity contribution < 1.29 is 13.2 Å². The molecule has 0 aliphatic carbocycles. The van der Waals surface area contributed by atoms with Crippen LogP contribution in [0.2, 0.25) is 0 Å². The van der Waals surface area contributed by atoms with Crippen molar-refractivity contribution in [3.05, 3.63) is 47.5 Å². The Hall–Kier alpha value is -1.85. The molecule has 2 aromatic rings. The Labute approximate surface area is 114 Å². The van der Waals surface area contributed by atoms with Gasteiger partial charge in [-0.15, -0.1) is 0 Å². The number of rotatable bonds is 3. The average molecular weight is 281 g/mol. The standard InChI is InChI=1S/C14H14F3N3/c1-14(16,17)8-12-18-13-10(15)7-11(20(13)19-12)9-5-3-2-4-6-9/h2-6,10-11H,7-8H2,1H3. The first-order valence-electron chi connectivity index (χ1n) is 6.46. The lowest BCUT2D eigenvalue weighted by Gasteiger charge is -2.12. The van der Waals surface area contributed by atoms with Gasteiger partial charge in [0, 0.05) is 6.42 Å². The lowest BCUT2D eigenvalue weighted by Crippen LogP contribution is -2.16. The number of halogens is 3. The maximum Gasteiger partial charge on any atom is 0.252 e. The van der Waals surface area contributed by atoms with Crippen molar-refractivity contribution >= 4 is 0 Å². The lowest BCUT2D eigenvalue weighted by atomic mass is 10.0. The van der Waals surface area contributed by atoms with E-state index in [9.17, 15) is 13.2 Å². The van der Waals surface area contributed by atoms with Gasteiger partial charge in [-0.2, -0.15) is 5.10 Å². The van der Waals surface area contributed by atoms with Crippen LogP contribution < -0.4 is 0 Å². The Kier molecular flexibility index (Phi) is 3.03. The van der Waals surface area contributed by atoms with E-state index in [2.05, 4.69) is 10.1 Å². The maximum absolute atomic E-state index is 14.0. The summed E-state index contributed by atoms with van der Waals surface area (Å²) >= 11 is 0. The fourth-order valence-electron chi connectivity index (χ4n) is 2.53. The van der Waals surface area contributed by atoms with Crippen molar-refractivity contribution in [1.82, 2.24) is 14.8 Å². The molecule has 0 spiro atoms. The molecule has 0 saturated heterocycles. The molecule has 6 heteroatoms. The SMILES string of the molecule is CC(F)(F)Cc1nc2n(n1)C(c1ccccc1)CC2F. The van der Waals surface area contributed by atoms with Crippen LogP contribution in [-0.2, 0) is 6.42 Å². The number of fused-ring (bicyclic) bond motifs is 1. The second-order valence-electron chi connectivity index (χ2n) is 5.21. The third-order valence-corrected chi connectivity index (χ3v) is 3.36. The quantitative estimate of drug-likeness (QED) is 0.862. The lowest BCUT2D eigenvalue weighted by molar-refractivity contribution is 0.0204. The van der Waals surface area contributed by atoms with Gasteiger partial charge in [-0.1, -0.05) is 30.3 Å². The third kappa shape index (κ3) is 2.42. The van der Waals surface area contributed by atoms with Crippen molar-refractivity contribution in [2.45, 2.75) is 37.9 Å². The zero-order valence-corrected chi connectivity index (χ0v) is 10.9. The summed E-state index contributed by atoms with van der Waals surface area (Å²) in [6.45, 7) is 0.806. The molecule has 0 N–H and O–H groups in total. The van der Waals surface area contributed by atoms with Gasteiger partial charge in [-0.05, 0) is 12.5 Å². The van der Waals surface area contributed by atoms with Crippen LogP contribution in [0, 0.1) is 0 Å². The van der Waals surface area contributed by atoms with E-state index < -0.39 is 18.5 Å². The highest BCUT2D eigenvalue weighted by molar-refractivity contribution is 5.23. The van der Waals surface area contributed by atoms with E-state index in [1.165, 1.54) is 4.68 Å². The molecule has 0 saturated carbocycles.